The van der Waals surface area contributed by atoms with E-state index in [1.54, 1.807) is 0 Å². The molecule has 0 radical (unpaired) electrons. The van der Waals surface area contributed by atoms with Crippen molar-refractivity contribution in [3.8, 4) is 0 Å². The Balaban J connectivity index is 2.28. The highest BCUT2D eigenvalue weighted by molar-refractivity contribution is 5.98. The van der Waals surface area contributed by atoms with Crippen LogP contribution in [0, 0.1) is 0 Å². The highest BCUT2D eigenvalue weighted by Crippen LogP contribution is 2.09. The molecule has 0 unspecified atom stereocenters. The molecule has 0 aliphatic carbocycles. The Labute approximate surface area is 78.0 Å². The summed E-state index contributed by atoms with van der Waals surface area (Å²) >= 11 is 0. The van der Waals surface area contributed by atoms with E-state index in [9.17, 15) is 0 Å². The van der Waals surface area contributed by atoms with Gasteiger partial charge in [0.05, 0.1) is 5.60 Å². The van der Waals surface area contributed by atoms with Crippen molar-refractivity contribution in [2.75, 3.05) is 32.7 Å². The largest absolute Gasteiger partial charge is 0.422 e. The van der Waals surface area contributed by atoms with Crippen LogP contribution in [0.15, 0.2) is 0 Å². The van der Waals surface area contributed by atoms with Crippen molar-refractivity contribution in [3.63, 3.8) is 0 Å². The summed E-state index contributed by atoms with van der Waals surface area (Å²) in [6, 6.07) is 0. The van der Waals surface area contributed by atoms with Crippen molar-refractivity contribution >= 4 is 10.5 Å². The first-order valence-electron chi connectivity index (χ1n) is 4.62. The predicted molar refractivity (Wildman–Crippen MR) is 54.4 cm³/mol. The lowest BCUT2D eigenvalue weighted by atomic mass is 10.1. The maximum Gasteiger partial charge on any atom is 0.146 e. The topological polar surface area (TPSA) is 24.5 Å². The molecule has 0 bridgehead atoms. The lowest BCUT2D eigenvalue weighted by Crippen LogP contribution is -2.49. The minimum absolute atomic E-state index is 0.0591. The van der Waals surface area contributed by atoms with Crippen molar-refractivity contribution in [1.82, 2.24) is 10.2 Å². The number of rotatable bonds is 3. The third-order valence-electron chi connectivity index (χ3n) is 2.37. The van der Waals surface area contributed by atoms with Gasteiger partial charge in [-0.15, -0.1) is 0 Å². The Hall–Kier alpha value is 0.0969. The van der Waals surface area contributed by atoms with Crippen LogP contribution in [0.25, 0.3) is 0 Å². The van der Waals surface area contributed by atoms with Crippen LogP contribution in [-0.2, 0) is 4.43 Å². The van der Waals surface area contributed by atoms with Gasteiger partial charge in [-0.3, -0.25) is 4.90 Å². The second kappa shape index (κ2) is 4.37. The molecular weight excluding hydrogens is 168 g/mol. The van der Waals surface area contributed by atoms with E-state index >= 15 is 0 Å². The van der Waals surface area contributed by atoms with Gasteiger partial charge in [-0.1, -0.05) is 0 Å². The van der Waals surface area contributed by atoms with E-state index in [4.69, 9.17) is 4.43 Å². The van der Waals surface area contributed by atoms with Crippen LogP contribution in [-0.4, -0.2) is 53.7 Å². The first-order chi connectivity index (χ1) is 5.64. The summed E-state index contributed by atoms with van der Waals surface area (Å²) in [4.78, 5) is 2.47. The standard InChI is InChI=1S/C8H20N2OSi/c1-8(2,11-12)7-10-5-3-9-4-6-10/h9H,3-7H2,1-2,12H3. The molecule has 12 heavy (non-hydrogen) atoms. The summed E-state index contributed by atoms with van der Waals surface area (Å²) in [5, 5.41) is 3.34. The van der Waals surface area contributed by atoms with Crippen molar-refractivity contribution < 1.29 is 4.43 Å². The van der Waals surface area contributed by atoms with Gasteiger partial charge in [-0.25, -0.2) is 0 Å². The molecule has 0 saturated carbocycles. The maximum atomic E-state index is 5.52. The van der Waals surface area contributed by atoms with Crippen molar-refractivity contribution in [3.05, 3.63) is 0 Å². The molecule has 72 valence electrons. The van der Waals surface area contributed by atoms with E-state index in [2.05, 4.69) is 24.1 Å². The maximum absolute atomic E-state index is 5.52. The van der Waals surface area contributed by atoms with E-state index in [1.165, 1.54) is 0 Å². The molecule has 1 aliphatic heterocycles. The molecule has 0 amide bonds. The highest BCUT2D eigenvalue weighted by atomic mass is 28.2. The summed E-state index contributed by atoms with van der Waals surface area (Å²) in [6.07, 6.45) is 0. The number of piperazine rings is 1. The van der Waals surface area contributed by atoms with Gasteiger partial charge in [0.1, 0.15) is 10.5 Å². The number of hydrogen-bond acceptors (Lipinski definition) is 3. The zero-order valence-corrected chi connectivity index (χ0v) is 10.4. The van der Waals surface area contributed by atoms with Crippen LogP contribution in [0.5, 0.6) is 0 Å². The van der Waals surface area contributed by atoms with Crippen LogP contribution in [0.1, 0.15) is 13.8 Å². The van der Waals surface area contributed by atoms with Gasteiger partial charge in [0, 0.05) is 32.7 Å². The number of hydrogen-bond donors (Lipinski definition) is 1. The molecule has 1 rings (SSSR count). The van der Waals surface area contributed by atoms with E-state index in [1.807, 2.05) is 0 Å². The van der Waals surface area contributed by atoms with Crippen LogP contribution in [0.2, 0.25) is 0 Å². The zero-order chi connectivity index (χ0) is 9.03. The molecule has 0 spiro atoms. The van der Waals surface area contributed by atoms with Gasteiger partial charge in [0.25, 0.3) is 0 Å². The first kappa shape index (κ1) is 10.2. The highest BCUT2D eigenvalue weighted by Gasteiger charge is 2.21. The minimum atomic E-state index is 0.0591. The molecule has 0 aromatic carbocycles. The monoisotopic (exact) mass is 188 g/mol. The predicted octanol–water partition coefficient (Wildman–Crippen LogP) is -1.03. The summed E-state index contributed by atoms with van der Waals surface area (Å²) in [7, 11) is 0.835. The molecule has 0 aromatic heterocycles. The average Bonchev–Trinajstić information content (AvgIpc) is 2.06. The van der Waals surface area contributed by atoms with Gasteiger partial charge in [-0.2, -0.15) is 0 Å². The van der Waals surface area contributed by atoms with Crippen LogP contribution in [0.4, 0.5) is 0 Å². The summed E-state index contributed by atoms with van der Waals surface area (Å²) in [5.74, 6) is 0. The summed E-state index contributed by atoms with van der Waals surface area (Å²) in [5.41, 5.74) is 0.0591. The molecule has 0 aromatic rings. The van der Waals surface area contributed by atoms with E-state index < -0.39 is 0 Å². The van der Waals surface area contributed by atoms with Gasteiger partial charge in [0.15, 0.2) is 0 Å². The van der Waals surface area contributed by atoms with Crippen molar-refractivity contribution in [2.24, 2.45) is 0 Å². The SMILES string of the molecule is CC(C)(CN1CCNCC1)O[SiH3]. The number of nitrogens with zero attached hydrogens (tertiary/aromatic N) is 1. The fourth-order valence-corrected chi connectivity index (χ4v) is 1.60. The minimum Gasteiger partial charge on any atom is -0.422 e. The normalized spacial score (nSPS) is 21.5. The van der Waals surface area contributed by atoms with Crippen LogP contribution in [0.3, 0.4) is 0 Å². The molecule has 1 fully saturated rings. The van der Waals surface area contributed by atoms with E-state index in [-0.39, 0.29) is 5.60 Å². The van der Waals surface area contributed by atoms with Gasteiger partial charge >= 0.3 is 0 Å². The van der Waals surface area contributed by atoms with E-state index in [0.29, 0.717) is 0 Å². The Morgan fingerprint density at radius 2 is 2.00 bits per heavy atom. The van der Waals surface area contributed by atoms with Crippen molar-refractivity contribution in [2.45, 2.75) is 19.4 Å². The average molecular weight is 188 g/mol. The number of nitrogens with one attached hydrogen (secondary N) is 1. The fraction of sp³-hybridized carbons (Fsp3) is 1.00. The van der Waals surface area contributed by atoms with Crippen LogP contribution < -0.4 is 5.32 Å². The zero-order valence-electron chi connectivity index (χ0n) is 8.39. The fourth-order valence-electron chi connectivity index (χ4n) is 1.47. The Bertz CT molecular complexity index is 135. The molecule has 1 heterocycles. The van der Waals surface area contributed by atoms with Crippen molar-refractivity contribution in [1.29, 1.82) is 0 Å². The molecule has 1 aliphatic rings. The molecule has 3 nitrogen and oxygen atoms in total. The molecule has 1 saturated heterocycles. The lowest BCUT2D eigenvalue weighted by Gasteiger charge is -2.34. The lowest BCUT2D eigenvalue weighted by molar-refractivity contribution is 0.0629. The first-order valence-corrected chi connectivity index (χ1v) is 5.44. The Kier molecular flexibility index (Phi) is 3.70. The summed E-state index contributed by atoms with van der Waals surface area (Å²) < 4.78 is 5.52. The second-order valence-electron chi connectivity index (χ2n) is 3.99. The van der Waals surface area contributed by atoms with Gasteiger partial charge < -0.3 is 9.74 Å². The third kappa shape index (κ3) is 3.22. The summed E-state index contributed by atoms with van der Waals surface area (Å²) in [6.45, 7) is 9.97. The Morgan fingerprint density at radius 1 is 1.42 bits per heavy atom. The molecule has 1 N–H and O–H groups in total. The molecular formula is C8H20N2OSi. The molecule has 4 heteroatoms. The quantitative estimate of drug-likeness (QED) is 0.573. The van der Waals surface area contributed by atoms with Gasteiger partial charge in [-0.05, 0) is 13.8 Å². The molecule has 0 atom stereocenters. The Morgan fingerprint density at radius 3 is 2.50 bits per heavy atom. The van der Waals surface area contributed by atoms with Gasteiger partial charge in [0.2, 0.25) is 0 Å². The second-order valence-corrected chi connectivity index (χ2v) is 4.40. The van der Waals surface area contributed by atoms with Crippen LogP contribution >= 0.6 is 0 Å². The third-order valence-corrected chi connectivity index (χ3v) is 3.47. The smallest absolute Gasteiger partial charge is 0.146 e. The van der Waals surface area contributed by atoms with E-state index in [0.717, 1.165) is 43.2 Å².